The molecule has 0 aromatic heterocycles. The van der Waals surface area contributed by atoms with Crippen LogP contribution in [0.2, 0.25) is 0 Å². The van der Waals surface area contributed by atoms with E-state index in [1.165, 1.54) is 0 Å². The Morgan fingerprint density at radius 1 is 1.21 bits per heavy atom. The van der Waals surface area contributed by atoms with Gasteiger partial charge in [0.15, 0.2) is 5.78 Å². The molecule has 1 aromatic carbocycles. The Morgan fingerprint density at radius 2 is 1.93 bits per heavy atom. The average Bonchev–Trinajstić information content (AvgIpc) is 2.25. The number of hydrogen-bond donors (Lipinski definition) is 0. The minimum atomic E-state index is 0.155. The molecule has 0 spiro atoms. The number of benzene rings is 1. The summed E-state index contributed by atoms with van der Waals surface area (Å²) in [5.74, 6) is 0.155. The second-order valence-electron chi connectivity index (χ2n) is 2.95. The summed E-state index contributed by atoms with van der Waals surface area (Å²) in [5.41, 5.74) is 1.14. The number of carbonyl (C=O) groups excluding carboxylic acids is 1. The minimum Gasteiger partial charge on any atom is -0.295 e. The topological polar surface area (TPSA) is 17.1 Å². The number of hydrogen-bond acceptors (Lipinski definition) is 1. The van der Waals surface area contributed by atoms with E-state index in [0.29, 0.717) is 6.42 Å². The molecule has 1 aromatic rings. The zero-order chi connectivity index (χ0) is 10.2. The fourth-order valence-electron chi connectivity index (χ4n) is 1.01. The van der Waals surface area contributed by atoms with Gasteiger partial charge >= 0.3 is 0 Å². The first kappa shape index (κ1) is 10.5. The summed E-state index contributed by atoms with van der Waals surface area (Å²) >= 11 is 0. The SMILES string of the molecule is CCC(=O)/C=C/C=C/c1ccccc1. The second kappa shape index (κ2) is 5.92. The molecule has 0 bridgehead atoms. The highest BCUT2D eigenvalue weighted by atomic mass is 16.1. The molecule has 0 aliphatic heterocycles. The van der Waals surface area contributed by atoms with Gasteiger partial charge in [0.05, 0.1) is 0 Å². The molecule has 0 saturated heterocycles. The molecule has 0 amide bonds. The molecule has 0 saturated carbocycles. The molecule has 0 aliphatic rings. The van der Waals surface area contributed by atoms with E-state index in [-0.39, 0.29) is 5.78 Å². The van der Waals surface area contributed by atoms with E-state index in [9.17, 15) is 4.79 Å². The molecule has 0 unspecified atom stereocenters. The van der Waals surface area contributed by atoms with Gasteiger partial charge in [-0.05, 0) is 11.6 Å². The van der Waals surface area contributed by atoms with Gasteiger partial charge in [0, 0.05) is 6.42 Å². The first-order chi connectivity index (χ1) is 6.83. The lowest BCUT2D eigenvalue weighted by molar-refractivity contribution is -0.114. The fourth-order valence-corrected chi connectivity index (χ4v) is 1.01. The highest BCUT2D eigenvalue weighted by Crippen LogP contribution is 2.00. The maximum atomic E-state index is 10.9. The second-order valence-corrected chi connectivity index (χ2v) is 2.95. The lowest BCUT2D eigenvalue weighted by Gasteiger charge is -1.88. The quantitative estimate of drug-likeness (QED) is 0.521. The van der Waals surface area contributed by atoms with Gasteiger partial charge in [0.25, 0.3) is 0 Å². The Hall–Kier alpha value is -1.63. The molecule has 0 fully saturated rings. The molecule has 1 nitrogen and oxygen atoms in total. The van der Waals surface area contributed by atoms with Crippen LogP contribution >= 0.6 is 0 Å². The minimum absolute atomic E-state index is 0.155. The van der Waals surface area contributed by atoms with E-state index in [4.69, 9.17) is 0 Å². The van der Waals surface area contributed by atoms with Gasteiger partial charge in [-0.2, -0.15) is 0 Å². The van der Waals surface area contributed by atoms with Crippen LogP contribution in [0.5, 0.6) is 0 Å². The van der Waals surface area contributed by atoms with Crippen molar-refractivity contribution in [3.8, 4) is 0 Å². The Morgan fingerprint density at radius 3 is 2.57 bits per heavy atom. The summed E-state index contributed by atoms with van der Waals surface area (Å²) in [6.07, 6.45) is 7.79. The van der Waals surface area contributed by atoms with Crippen molar-refractivity contribution in [1.82, 2.24) is 0 Å². The first-order valence-electron chi connectivity index (χ1n) is 4.75. The first-order valence-corrected chi connectivity index (χ1v) is 4.75. The normalized spacial score (nSPS) is 11.2. The molecule has 0 radical (unpaired) electrons. The largest absolute Gasteiger partial charge is 0.295 e. The van der Waals surface area contributed by atoms with Crippen molar-refractivity contribution < 1.29 is 4.79 Å². The van der Waals surface area contributed by atoms with Gasteiger partial charge in [-0.3, -0.25) is 4.79 Å². The van der Waals surface area contributed by atoms with Crippen molar-refractivity contribution in [2.75, 3.05) is 0 Å². The van der Waals surface area contributed by atoms with Crippen LogP contribution in [0.3, 0.4) is 0 Å². The smallest absolute Gasteiger partial charge is 0.155 e. The van der Waals surface area contributed by atoms with E-state index in [1.54, 1.807) is 12.2 Å². The maximum absolute atomic E-state index is 10.9. The Kier molecular flexibility index (Phi) is 4.42. The highest BCUT2D eigenvalue weighted by Gasteiger charge is 1.86. The average molecular weight is 186 g/mol. The van der Waals surface area contributed by atoms with Crippen molar-refractivity contribution in [2.45, 2.75) is 13.3 Å². The molecule has 1 heteroatoms. The van der Waals surface area contributed by atoms with Crippen molar-refractivity contribution in [3.05, 3.63) is 54.1 Å². The predicted octanol–water partition coefficient (Wildman–Crippen LogP) is 3.24. The lowest BCUT2D eigenvalue weighted by Crippen LogP contribution is -1.85. The number of carbonyl (C=O) groups is 1. The maximum Gasteiger partial charge on any atom is 0.155 e. The van der Waals surface area contributed by atoms with Crippen molar-refractivity contribution >= 4 is 11.9 Å². The third-order valence-electron chi connectivity index (χ3n) is 1.83. The van der Waals surface area contributed by atoms with Crippen LogP contribution in [0.4, 0.5) is 0 Å². The number of rotatable bonds is 4. The molecule has 0 atom stereocenters. The van der Waals surface area contributed by atoms with Crippen LogP contribution in [-0.4, -0.2) is 5.78 Å². The molecule has 0 N–H and O–H groups in total. The van der Waals surface area contributed by atoms with E-state index in [2.05, 4.69) is 0 Å². The third-order valence-corrected chi connectivity index (χ3v) is 1.83. The number of ketones is 1. The van der Waals surface area contributed by atoms with Gasteiger partial charge in [-0.25, -0.2) is 0 Å². The van der Waals surface area contributed by atoms with Gasteiger partial charge in [-0.15, -0.1) is 0 Å². The molecule has 14 heavy (non-hydrogen) atoms. The summed E-state index contributed by atoms with van der Waals surface area (Å²) in [6.45, 7) is 1.85. The molecule has 0 heterocycles. The van der Waals surface area contributed by atoms with Crippen LogP contribution in [0, 0.1) is 0 Å². The predicted molar refractivity (Wildman–Crippen MR) is 59.9 cm³/mol. The van der Waals surface area contributed by atoms with Crippen LogP contribution in [0.25, 0.3) is 6.08 Å². The van der Waals surface area contributed by atoms with E-state index < -0.39 is 0 Å². The Bertz CT molecular complexity index is 334. The van der Waals surface area contributed by atoms with Gasteiger partial charge in [-0.1, -0.05) is 55.5 Å². The summed E-state index contributed by atoms with van der Waals surface area (Å²) in [6, 6.07) is 9.99. The Labute approximate surface area is 84.8 Å². The molecule has 72 valence electrons. The standard InChI is InChI=1S/C13H14O/c1-2-13(14)11-7-6-10-12-8-4-3-5-9-12/h3-11H,2H2,1H3/b10-6+,11-7+. The zero-order valence-electron chi connectivity index (χ0n) is 8.31. The Balaban J connectivity index is 2.50. The van der Waals surface area contributed by atoms with Crippen LogP contribution in [-0.2, 0) is 4.79 Å². The monoisotopic (exact) mass is 186 g/mol. The van der Waals surface area contributed by atoms with Crippen LogP contribution in [0.1, 0.15) is 18.9 Å². The van der Waals surface area contributed by atoms with Gasteiger partial charge < -0.3 is 0 Å². The summed E-state index contributed by atoms with van der Waals surface area (Å²) < 4.78 is 0. The highest BCUT2D eigenvalue weighted by molar-refractivity contribution is 5.89. The zero-order valence-corrected chi connectivity index (χ0v) is 8.31. The fraction of sp³-hybridized carbons (Fsp3) is 0.154. The molecular formula is C13H14O. The molecular weight excluding hydrogens is 172 g/mol. The van der Waals surface area contributed by atoms with Crippen molar-refractivity contribution in [2.24, 2.45) is 0 Å². The van der Waals surface area contributed by atoms with E-state index in [0.717, 1.165) is 5.56 Å². The van der Waals surface area contributed by atoms with Gasteiger partial charge in [0.1, 0.15) is 0 Å². The van der Waals surface area contributed by atoms with Crippen LogP contribution in [0.15, 0.2) is 48.6 Å². The lowest BCUT2D eigenvalue weighted by atomic mass is 10.2. The van der Waals surface area contributed by atoms with E-state index in [1.807, 2.05) is 49.4 Å². The van der Waals surface area contributed by atoms with Gasteiger partial charge in [0.2, 0.25) is 0 Å². The summed E-state index contributed by atoms with van der Waals surface area (Å²) in [7, 11) is 0. The third kappa shape index (κ3) is 3.85. The summed E-state index contributed by atoms with van der Waals surface area (Å²) in [5, 5.41) is 0. The van der Waals surface area contributed by atoms with E-state index >= 15 is 0 Å². The van der Waals surface area contributed by atoms with Crippen molar-refractivity contribution in [3.63, 3.8) is 0 Å². The molecule has 1 rings (SSSR count). The van der Waals surface area contributed by atoms with Crippen molar-refractivity contribution in [1.29, 1.82) is 0 Å². The molecule has 0 aliphatic carbocycles. The summed E-state index contributed by atoms with van der Waals surface area (Å²) in [4.78, 5) is 10.9. The number of allylic oxidation sites excluding steroid dienone is 3. The van der Waals surface area contributed by atoms with Crippen LogP contribution < -0.4 is 0 Å².